The molecule has 1 N–H and O–H groups in total. The normalized spacial score (nSPS) is 17.9. The summed E-state index contributed by atoms with van der Waals surface area (Å²) < 4.78 is 0. The highest BCUT2D eigenvalue weighted by Gasteiger charge is 2.33. The third-order valence-electron chi connectivity index (χ3n) is 4.01. The van der Waals surface area contributed by atoms with E-state index in [1.807, 2.05) is 45.0 Å². The Hall–Kier alpha value is -1.95. The predicted octanol–water partition coefficient (Wildman–Crippen LogP) is 0.725. The zero-order chi connectivity index (χ0) is 17.0. The third kappa shape index (κ3) is 5.03. The van der Waals surface area contributed by atoms with Gasteiger partial charge in [-0.15, -0.1) is 0 Å². The van der Waals surface area contributed by atoms with Crippen molar-refractivity contribution in [1.29, 1.82) is 0 Å². The lowest BCUT2D eigenvalue weighted by Gasteiger charge is -2.19. The summed E-state index contributed by atoms with van der Waals surface area (Å²) >= 11 is 0. The fourth-order valence-corrected chi connectivity index (χ4v) is 2.84. The fraction of sp³-hybridized carbons (Fsp3) is 0.588. The van der Waals surface area contributed by atoms with E-state index in [2.05, 4.69) is 10.3 Å². The molecule has 0 bridgehead atoms. The molecule has 2 heterocycles. The first kappa shape index (κ1) is 17.4. The van der Waals surface area contributed by atoms with Gasteiger partial charge in [-0.2, -0.15) is 0 Å². The van der Waals surface area contributed by atoms with Crippen molar-refractivity contribution in [2.45, 2.75) is 26.8 Å². The van der Waals surface area contributed by atoms with Crippen LogP contribution in [0.2, 0.25) is 0 Å². The molecule has 1 saturated heterocycles. The number of nitrogens with one attached hydrogen (secondary N) is 1. The summed E-state index contributed by atoms with van der Waals surface area (Å²) in [5.41, 5.74) is 2.93. The molecule has 0 unspecified atom stereocenters. The van der Waals surface area contributed by atoms with Crippen LogP contribution in [0.1, 0.15) is 23.4 Å². The molecule has 6 heteroatoms. The molecular formula is C17H26N4O2. The Kier molecular flexibility index (Phi) is 5.71. The van der Waals surface area contributed by atoms with Gasteiger partial charge in [0.15, 0.2) is 0 Å². The van der Waals surface area contributed by atoms with Crippen molar-refractivity contribution in [3.63, 3.8) is 0 Å². The van der Waals surface area contributed by atoms with Crippen LogP contribution in [0.5, 0.6) is 0 Å². The molecule has 2 rings (SSSR count). The van der Waals surface area contributed by atoms with Gasteiger partial charge in [0.2, 0.25) is 11.8 Å². The first-order chi connectivity index (χ1) is 10.8. The quantitative estimate of drug-likeness (QED) is 0.839. The first-order valence-electron chi connectivity index (χ1n) is 7.99. The largest absolute Gasteiger partial charge is 0.352 e. The van der Waals surface area contributed by atoms with E-state index < -0.39 is 0 Å². The SMILES string of the molecule is Cc1cc(CNC(=O)[C@H]2CC(=O)N(CCN(C)C)C2)cc(C)n1. The average Bonchev–Trinajstić information content (AvgIpc) is 2.83. The van der Waals surface area contributed by atoms with Crippen molar-refractivity contribution < 1.29 is 9.59 Å². The number of hydrogen-bond donors (Lipinski definition) is 1. The topological polar surface area (TPSA) is 65.5 Å². The molecular weight excluding hydrogens is 292 g/mol. The van der Waals surface area contributed by atoms with Gasteiger partial charge >= 0.3 is 0 Å². The molecule has 1 aromatic rings. The van der Waals surface area contributed by atoms with E-state index in [9.17, 15) is 9.59 Å². The summed E-state index contributed by atoms with van der Waals surface area (Å²) in [6.07, 6.45) is 0.313. The van der Waals surface area contributed by atoms with Crippen molar-refractivity contribution in [2.24, 2.45) is 5.92 Å². The van der Waals surface area contributed by atoms with E-state index in [1.54, 1.807) is 4.90 Å². The number of likely N-dealkylation sites (tertiary alicyclic amines) is 1. The van der Waals surface area contributed by atoms with E-state index in [4.69, 9.17) is 0 Å². The van der Waals surface area contributed by atoms with Gasteiger partial charge in [0.25, 0.3) is 0 Å². The van der Waals surface area contributed by atoms with Gasteiger partial charge < -0.3 is 15.1 Å². The van der Waals surface area contributed by atoms with Crippen LogP contribution in [0.4, 0.5) is 0 Å². The molecule has 126 valence electrons. The number of hydrogen-bond acceptors (Lipinski definition) is 4. The Labute approximate surface area is 137 Å². The lowest BCUT2D eigenvalue weighted by molar-refractivity contribution is -0.129. The van der Waals surface area contributed by atoms with Crippen molar-refractivity contribution in [3.8, 4) is 0 Å². The van der Waals surface area contributed by atoms with Gasteiger partial charge in [-0.25, -0.2) is 0 Å². The number of pyridine rings is 1. The molecule has 0 saturated carbocycles. The Morgan fingerprint density at radius 3 is 2.61 bits per heavy atom. The maximum Gasteiger partial charge on any atom is 0.225 e. The van der Waals surface area contributed by atoms with Gasteiger partial charge in [-0.1, -0.05) is 0 Å². The number of rotatable bonds is 6. The van der Waals surface area contributed by atoms with Gasteiger partial charge in [-0.3, -0.25) is 14.6 Å². The molecule has 2 amide bonds. The Bertz CT molecular complexity index is 566. The van der Waals surface area contributed by atoms with Crippen LogP contribution in [-0.2, 0) is 16.1 Å². The molecule has 1 aromatic heterocycles. The molecule has 0 aliphatic carbocycles. The Balaban J connectivity index is 1.85. The second-order valence-electron chi connectivity index (χ2n) is 6.52. The summed E-state index contributed by atoms with van der Waals surface area (Å²) in [5.74, 6) is -0.214. The second kappa shape index (κ2) is 7.55. The molecule has 0 aromatic carbocycles. The smallest absolute Gasteiger partial charge is 0.225 e. The summed E-state index contributed by atoms with van der Waals surface area (Å²) in [6, 6.07) is 3.94. The summed E-state index contributed by atoms with van der Waals surface area (Å²) in [7, 11) is 3.95. The number of aromatic nitrogens is 1. The Morgan fingerprint density at radius 1 is 1.35 bits per heavy atom. The summed E-state index contributed by atoms with van der Waals surface area (Å²) in [5, 5.41) is 2.95. The summed E-state index contributed by atoms with van der Waals surface area (Å²) in [6.45, 7) is 6.37. The van der Waals surface area contributed by atoms with Crippen LogP contribution in [0.3, 0.4) is 0 Å². The lowest BCUT2D eigenvalue weighted by atomic mass is 10.1. The van der Waals surface area contributed by atoms with Gasteiger partial charge in [0.1, 0.15) is 0 Å². The minimum absolute atomic E-state index is 0.0437. The second-order valence-corrected chi connectivity index (χ2v) is 6.52. The van der Waals surface area contributed by atoms with Crippen molar-refractivity contribution in [1.82, 2.24) is 20.1 Å². The number of likely N-dealkylation sites (N-methyl/N-ethyl adjacent to an activating group) is 1. The van der Waals surface area contributed by atoms with Gasteiger partial charge in [-0.05, 0) is 45.6 Å². The molecule has 1 aliphatic heterocycles. The van der Waals surface area contributed by atoms with Crippen LogP contribution in [0, 0.1) is 19.8 Å². The van der Waals surface area contributed by atoms with Crippen LogP contribution < -0.4 is 5.32 Å². The predicted molar refractivity (Wildman–Crippen MR) is 88.8 cm³/mol. The van der Waals surface area contributed by atoms with E-state index >= 15 is 0 Å². The number of amides is 2. The fourth-order valence-electron chi connectivity index (χ4n) is 2.84. The summed E-state index contributed by atoms with van der Waals surface area (Å²) in [4.78, 5) is 32.4. The number of aryl methyl sites for hydroxylation is 2. The van der Waals surface area contributed by atoms with Crippen molar-refractivity contribution >= 4 is 11.8 Å². The molecule has 23 heavy (non-hydrogen) atoms. The highest BCUT2D eigenvalue weighted by Crippen LogP contribution is 2.18. The molecule has 1 atom stereocenters. The van der Waals surface area contributed by atoms with E-state index in [0.29, 0.717) is 26.1 Å². The maximum absolute atomic E-state index is 12.3. The average molecular weight is 318 g/mol. The monoisotopic (exact) mass is 318 g/mol. The lowest BCUT2D eigenvalue weighted by Crippen LogP contribution is -2.35. The molecule has 1 aliphatic rings. The van der Waals surface area contributed by atoms with Crippen LogP contribution in [0.15, 0.2) is 12.1 Å². The maximum atomic E-state index is 12.3. The molecule has 1 fully saturated rings. The van der Waals surface area contributed by atoms with E-state index in [1.165, 1.54) is 0 Å². The van der Waals surface area contributed by atoms with Crippen molar-refractivity contribution in [2.75, 3.05) is 33.7 Å². The number of nitrogens with zero attached hydrogens (tertiary/aromatic N) is 3. The minimum Gasteiger partial charge on any atom is -0.352 e. The van der Waals surface area contributed by atoms with Gasteiger partial charge in [0, 0.05) is 44.0 Å². The number of carbonyl (C=O) groups is 2. The minimum atomic E-state index is -0.242. The number of carbonyl (C=O) groups excluding carboxylic acids is 2. The van der Waals surface area contributed by atoms with Crippen molar-refractivity contribution in [3.05, 3.63) is 29.1 Å². The van der Waals surface area contributed by atoms with E-state index in [-0.39, 0.29) is 17.7 Å². The highest BCUT2D eigenvalue weighted by molar-refractivity contribution is 5.89. The van der Waals surface area contributed by atoms with Gasteiger partial charge in [0.05, 0.1) is 5.92 Å². The molecule has 6 nitrogen and oxygen atoms in total. The first-order valence-corrected chi connectivity index (χ1v) is 7.99. The standard InChI is InChI=1S/C17H26N4O2/c1-12-7-14(8-13(2)19-12)10-18-17(23)15-9-16(22)21(11-15)6-5-20(3)4/h7-8,15H,5-6,9-11H2,1-4H3,(H,18,23)/t15-/m0/s1. The third-order valence-corrected chi connectivity index (χ3v) is 4.01. The zero-order valence-corrected chi connectivity index (χ0v) is 14.4. The molecule has 0 spiro atoms. The van der Waals surface area contributed by atoms with Crippen LogP contribution in [-0.4, -0.2) is 60.3 Å². The Morgan fingerprint density at radius 2 is 2.00 bits per heavy atom. The molecule has 0 radical (unpaired) electrons. The van der Waals surface area contributed by atoms with E-state index in [0.717, 1.165) is 23.5 Å². The zero-order valence-electron chi connectivity index (χ0n) is 14.4. The van der Waals surface area contributed by atoms with Crippen LogP contribution >= 0.6 is 0 Å². The highest BCUT2D eigenvalue weighted by atomic mass is 16.2. The van der Waals surface area contributed by atoms with Crippen LogP contribution in [0.25, 0.3) is 0 Å².